The number of carbonyl (C=O) groups is 1. The predicted molar refractivity (Wildman–Crippen MR) is 89.6 cm³/mol. The summed E-state index contributed by atoms with van der Waals surface area (Å²) in [7, 11) is 0. The molecule has 0 aliphatic heterocycles. The third-order valence-corrected chi connectivity index (χ3v) is 4.26. The van der Waals surface area contributed by atoms with Crippen molar-refractivity contribution in [2.24, 2.45) is 0 Å². The number of tetrazole rings is 1. The minimum atomic E-state index is -0.830. The van der Waals surface area contributed by atoms with E-state index in [1.54, 1.807) is 0 Å². The van der Waals surface area contributed by atoms with E-state index in [0.29, 0.717) is 5.16 Å². The van der Waals surface area contributed by atoms with Gasteiger partial charge in [0.05, 0.1) is 11.4 Å². The molecule has 0 saturated carbocycles. The van der Waals surface area contributed by atoms with Gasteiger partial charge in [-0.2, -0.15) is 4.68 Å². The Morgan fingerprint density at radius 3 is 2.60 bits per heavy atom. The molecule has 128 valence electrons. The number of para-hydroxylation sites is 2. The summed E-state index contributed by atoms with van der Waals surface area (Å²) in [4.78, 5) is 12.0. The van der Waals surface area contributed by atoms with Crippen molar-refractivity contribution in [1.29, 1.82) is 0 Å². The minimum Gasteiger partial charge on any atom is -0.320 e. The lowest BCUT2D eigenvalue weighted by Gasteiger charge is -2.08. The number of aryl methyl sites for hydroxylation is 1. The van der Waals surface area contributed by atoms with E-state index in [1.807, 2.05) is 31.2 Å². The Hall–Kier alpha value is -2.81. The maximum atomic E-state index is 13.6. The lowest BCUT2D eigenvalue weighted by atomic mass is 10.2. The smallest absolute Gasteiger partial charge is 0.235 e. The maximum absolute atomic E-state index is 13.6. The molecular formula is C16H13F2N5OS. The summed E-state index contributed by atoms with van der Waals surface area (Å²) in [5, 5.41) is 14.1. The van der Waals surface area contributed by atoms with Crippen molar-refractivity contribution in [2.45, 2.75) is 12.1 Å². The first-order valence-electron chi connectivity index (χ1n) is 7.27. The summed E-state index contributed by atoms with van der Waals surface area (Å²) in [6.07, 6.45) is 0. The van der Waals surface area contributed by atoms with Crippen molar-refractivity contribution in [1.82, 2.24) is 20.2 Å². The van der Waals surface area contributed by atoms with Gasteiger partial charge < -0.3 is 5.32 Å². The third kappa shape index (κ3) is 3.82. The molecule has 0 radical (unpaired) electrons. The lowest BCUT2D eigenvalue weighted by Crippen LogP contribution is -2.16. The van der Waals surface area contributed by atoms with Crippen LogP contribution in [0.5, 0.6) is 0 Å². The number of aromatic nitrogens is 4. The molecule has 0 aliphatic rings. The average Bonchev–Trinajstić information content (AvgIpc) is 3.05. The Morgan fingerprint density at radius 2 is 1.88 bits per heavy atom. The van der Waals surface area contributed by atoms with Gasteiger partial charge in [0.2, 0.25) is 11.1 Å². The summed E-state index contributed by atoms with van der Waals surface area (Å²) >= 11 is 1.07. The SMILES string of the molecule is Cc1ccccc1-n1nnnc1SCC(=O)Nc1c(F)cccc1F. The van der Waals surface area contributed by atoms with Crippen LogP contribution in [0.4, 0.5) is 14.5 Å². The molecule has 0 aliphatic carbocycles. The molecular weight excluding hydrogens is 348 g/mol. The molecule has 25 heavy (non-hydrogen) atoms. The number of thioether (sulfide) groups is 1. The number of benzene rings is 2. The molecule has 1 N–H and O–H groups in total. The Morgan fingerprint density at radius 1 is 1.16 bits per heavy atom. The second-order valence-corrected chi connectivity index (χ2v) is 6.04. The molecule has 0 atom stereocenters. The van der Waals surface area contributed by atoms with Crippen LogP contribution in [0.2, 0.25) is 0 Å². The number of rotatable bonds is 5. The van der Waals surface area contributed by atoms with E-state index in [2.05, 4.69) is 20.8 Å². The summed E-state index contributed by atoms with van der Waals surface area (Å²) in [5.74, 6) is -2.32. The quantitative estimate of drug-likeness (QED) is 0.708. The Balaban J connectivity index is 1.70. The first-order valence-corrected chi connectivity index (χ1v) is 8.26. The topological polar surface area (TPSA) is 72.7 Å². The highest BCUT2D eigenvalue weighted by molar-refractivity contribution is 7.99. The summed E-state index contributed by atoms with van der Waals surface area (Å²) < 4.78 is 28.6. The number of halogens is 2. The number of nitrogens with one attached hydrogen (secondary N) is 1. The van der Waals surface area contributed by atoms with Gasteiger partial charge in [-0.15, -0.1) is 5.10 Å². The highest BCUT2D eigenvalue weighted by Gasteiger charge is 2.15. The molecule has 1 heterocycles. The molecule has 0 fully saturated rings. The zero-order valence-corrected chi connectivity index (χ0v) is 13.9. The first kappa shape index (κ1) is 17.0. The third-order valence-electron chi connectivity index (χ3n) is 3.34. The van der Waals surface area contributed by atoms with Crippen LogP contribution in [-0.4, -0.2) is 31.9 Å². The Labute approximate surface area is 146 Å². The Kier molecular flexibility index (Phi) is 5.03. The van der Waals surface area contributed by atoms with E-state index in [1.165, 1.54) is 10.7 Å². The van der Waals surface area contributed by atoms with Gasteiger partial charge in [0, 0.05) is 0 Å². The van der Waals surface area contributed by atoms with Crippen LogP contribution < -0.4 is 5.32 Å². The van der Waals surface area contributed by atoms with Gasteiger partial charge in [0.1, 0.15) is 17.3 Å². The van der Waals surface area contributed by atoms with Crippen LogP contribution >= 0.6 is 11.8 Å². The number of hydrogen-bond acceptors (Lipinski definition) is 5. The maximum Gasteiger partial charge on any atom is 0.235 e. The standard InChI is InChI=1S/C16H13F2N5OS/c1-10-5-2-3-8-13(10)23-16(20-21-22-23)25-9-14(24)19-15-11(17)6-4-7-12(15)18/h2-8H,9H2,1H3,(H,19,24). The van der Waals surface area contributed by atoms with Gasteiger partial charge in [-0.3, -0.25) is 4.79 Å². The van der Waals surface area contributed by atoms with Gasteiger partial charge >= 0.3 is 0 Å². The summed E-state index contributed by atoms with van der Waals surface area (Å²) in [6.45, 7) is 1.92. The number of carbonyl (C=O) groups excluding carboxylic acids is 1. The fraction of sp³-hybridized carbons (Fsp3) is 0.125. The molecule has 0 unspecified atom stereocenters. The minimum absolute atomic E-state index is 0.0972. The van der Waals surface area contributed by atoms with E-state index < -0.39 is 23.2 Å². The van der Waals surface area contributed by atoms with Crippen molar-refractivity contribution in [3.63, 3.8) is 0 Å². The Bertz CT molecular complexity index is 895. The number of hydrogen-bond donors (Lipinski definition) is 1. The van der Waals surface area contributed by atoms with Crippen molar-refractivity contribution in [3.05, 3.63) is 59.7 Å². The number of nitrogens with zero attached hydrogens (tertiary/aromatic N) is 4. The predicted octanol–water partition coefficient (Wildman–Crippen LogP) is 2.98. The van der Waals surface area contributed by atoms with E-state index in [9.17, 15) is 13.6 Å². The van der Waals surface area contributed by atoms with Crippen molar-refractivity contribution < 1.29 is 13.6 Å². The second kappa shape index (κ2) is 7.39. The van der Waals surface area contributed by atoms with E-state index >= 15 is 0 Å². The molecule has 6 nitrogen and oxygen atoms in total. The van der Waals surface area contributed by atoms with Crippen LogP contribution in [0.1, 0.15) is 5.56 Å². The van der Waals surface area contributed by atoms with E-state index in [4.69, 9.17) is 0 Å². The number of anilines is 1. The first-order chi connectivity index (χ1) is 12.1. The lowest BCUT2D eigenvalue weighted by molar-refractivity contribution is -0.113. The molecule has 3 rings (SSSR count). The van der Waals surface area contributed by atoms with Gasteiger partial charge in [-0.05, 0) is 41.1 Å². The normalized spacial score (nSPS) is 10.7. The molecule has 1 amide bonds. The van der Waals surface area contributed by atoms with E-state index in [-0.39, 0.29) is 5.75 Å². The van der Waals surface area contributed by atoms with Crippen molar-refractivity contribution >= 4 is 23.4 Å². The molecule has 0 spiro atoms. The molecule has 9 heteroatoms. The zero-order valence-electron chi connectivity index (χ0n) is 13.1. The van der Waals surface area contributed by atoms with Crippen LogP contribution in [0.25, 0.3) is 5.69 Å². The highest BCUT2D eigenvalue weighted by atomic mass is 32.2. The van der Waals surface area contributed by atoms with Crippen LogP contribution in [0.15, 0.2) is 47.6 Å². The zero-order chi connectivity index (χ0) is 17.8. The summed E-state index contributed by atoms with van der Waals surface area (Å²) in [5.41, 5.74) is 1.29. The fourth-order valence-corrected chi connectivity index (χ4v) is 2.83. The van der Waals surface area contributed by atoms with Gasteiger partial charge in [-0.25, -0.2) is 8.78 Å². The average molecular weight is 361 g/mol. The van der Waals surface area contributed by atoms with Crippen LogP contribution in [0, 0.1) is 18.6 Å². The fourth-order valence-electron chi connectivity index (χ4n) is 2.14. The molecule has 1 aromatic heterocycles. The molecule has 0 saturated heterocycles. The number of amides is 1. The molecule has 3 aromatic rings. The highest BCUT2D eigenvalue weighted by Crippen LogP contribution is 2.22. The molecule has 2 aromatic carbocycles. The monoisotopic (exact) mass is 361 g/mol. The van der Waals surface area contributed by atoms with Crippen LogP contribution in [0.3, 0.4) is 0 Å². The van der Waals surface area contributed by atoms with Gasteiger partial charge in [-0.1, -0.05) is 36.0 Å². The van der Waals surface area contributed by atoms with Gasteiger partial charge in [0.15, 0.2) is 0 Å². The van der Waals surface area contributed by atoms with E-state index in [0.717, 1.165) is 35.1 Å². The van der Waals surface area contributed by atoms with Crippen molar-refractivity contribution in [3.8, 4) is 5.69 Å². The largest absolute Gasteiger partial charge is 0.320 e. The van der Waals surface area contributed by atoms with Gasteiger partial charge in [0.25, 0.3) is 0 Å². The van der Waals surface area contributed by atoms with Crippen molar-refractivity contribution in [2.75, 3.05) is 11.1 Å². The summed E-state index contributed by atoms with van der Waals surface area (Å²) in [6, 6.07) is 10.9. The molecule has 0 bridgehead atoms. The van der Waals surface area contributed by atoms with Crippen LogP contribution in [-0.2, 0) is 4.79 Å². The second-order valence-electron chi connectivity index (χ2n) is 5.09.